The Bertz CT molecular complexity index is 320. The molecular formula is C12H18O3. The van der Waals surface area contributed by atoms with Crippen molar-refractivity contribution < 1.29 is 14.6 Å². The van der Waals surface area contributed by atoms with E-state index in [0.29, 0.717) is 0 Å². The number of rotatable bonds is 2. The van der Waals surface area contributed by atoms with E-state index in [1.165, 1.54) is 6.08 Å². The highest BCUT2D eigenvalue weighted by atomic mass is 17.2. The zero-order valence-corrected chi connectivity index (χ0v) is 9.96. The summed E-state index contributed by atoms with van der Waals surface area (Å²) in [6, 6.07) is 0. The molecule has 0 saturated carbocycles. The molecule has 0 aromatic rings. The highest BCUT2D eigenvalue weighted by molar-refractivity contribution is 6.01. The Morgan fingerprint density at radius 2 is 1.93 bits per heavy atom. The van der Waals surface area contributed by atoms with Crippen molar-refractivity contribution in [1.82, 2.24) is 0 Å². The summed E-state index contributed by atoms with van der Waals surface area (Å²) >= 11 is 0. The van der Waals surface area contributed by atoms with E-state index in [2.05, 4.69) is 0 Å². The van der Waals surface area contributed by atoms with Gasteiger partial charge in [0.05, 0.1) is 5.60 Å². The molecule has 0 radical (unpaired) electrons. The van der Waals surface area contributed by atoms with Gasteiger partial charge in [-0.25, -0.2) is 9.78 Å². The number of carbonyl (C=O) groups is 1. The van der Waals surface area contributed by atoms with Crippen molar-refractivity contribution in [2.24, 2.45) is 0 Å². The van der Waals surface area contributed by atoms with Crippen molar-refractivity contribution in [2.45, 2.75) is 45.8 Å². The molecule has 0 aliphatic heterocycles. The van der Waals surface area contributed by atoms with Gasteiger partial charge in [-0.2, -0.15) is 0 Å². The van der Waals surface area contributed by atoms with Crippen LogP contribution in [0.5, 0.6) is 0 Å². The lowest BCUT2D eigenvalue weighted by molar-refractivity contribution is -0.382. The van der Waals surface area contributed by atoms with Gasteiger partial charge in [-0.05, 0) is 58.4 Å². The van der Waals surface area contributed by atoms with Crippen molar-refractivity contribution in [1.29, 1.82) is 0 Å². The lowest BCUT2D eigenvalue weighted by Crippen LogP contribution is -2.34. The Morgan fingerprint density at radius 1 is 1.33 bits per heavy atom. The second-order valence-corrected chi connectivity index (χ2v) is 4.95. The number of carbonyl (C=O) groups excluding carboxylic acids is 1. The predicted molar refractivity (Wildman–Crippen MR) is 58.2 cm³/mol. The molecule has 0 amide bonds. The maximum atomic E-state index is 11.1. The normalized spacial score (nSPS) is 26.7. The van der Waals surface area contributed by atoms with Gasteiger partial charge in [0, 0.05) is 0 Å². The average molecular weight is 210 g/mol. The minimum Gasteiger partial charge on any atom is -0.290 e. The second kappa shape index (κ2) is 3.91. The molecule has 0 bridgehead atoms. The van der Waals surface area contributed by atoms with E-state index in [-0.39, 0.29) is 11.4 Å². The highest BCUT2D eigenvalue weighted by Crippen LogP contribution is 2.28. The predicted octanol–water partition coefficient (Wildman–Crippen LogP) is 2.58. The Hall–Kier alpha value is -0.930. The molecule has 0 heterocycles. The van der Waals surface area contributed by atoms with Gasteiger partial charge >= 0.3 is 0 Å². The summed E-state index contributed by atoms with van der Waals surface area (Å²) in [6.07, 6.45) is 4.78. The fraction of sp³-hybridized carbons (Fsp3) is 0.583. The van der Waals surface area contributed by atoms with Gasteiger partial charge in [-0.3, -0.25) is 4.79 Å². The average Bonchev–Trinajstić information content (AvgIpc) is 2.08. The molecule has 0 fully saturated rings. The van der Waals surface area contributed by atoms with Crippen LogP contribution < -0.4 is 0 Å². The van der Waals surface area contributed by atoms with Crippen LogP contribution in [-0.2, 0) is 14.6 Å². The van der Waals surface area contributed by atoms with Crippen LogP contribution in [0.4, 0.5) is 0 Å². The first kappa shape index (κ1) is 12.1. The fourth-order valence-electron chi connectivity index (χ4n) is 1.08. The van der Waals surface area contributed by atoms with Gasteiger partial charge in [0.2, 0.25) is 0 Å². The second-order valence-electron chi connectivity index (χ2n) is 4.95. The van der Waals surface area contributed by atoms with Gasteiger partial charge in [0.1, 0.15) is 5.60 Å². The zero-order chi connectivity index (χ0) is 11.7. The van der Waals surface area contributed by atoms with Gasteiger partial charge in [0.15, 0.2) is 5.78 Å². The smallest absolute Gasteiger partial charge is 0.178 e. The molecule has 3 heteroatoms. The van der Waals surface area contributed by atoms with Crippen LogP contribution in [0, 0.1) is 0 Å². The number of allylic oxidation sites excluding steroid dienone is 2. The van der Waals surface area contributed by atoms with E-state index < -0.39 is 5.60 Å². The van der Waals surface area contributed by atoms with Crippen LogP contribution in [0.2, 0.25) is 0 Å². The highest BCUT2D eigenvalue weighted by Gasteiger charge is 2.30. The monoisotopic (exact) mass is 210 g/mol. The van der Waals surface area contributed by atoms with Crippen molar-refractivity contribution in [3.8, 4) is 0 Å². The van der Waals surface area contributed by atoms with E-state index >= 15 is 0 Å². The van der Waals surface area contributed by atoms with Crippen molar-refractivity contribution in [2.75, 3.05) is 0 Å². The van der Waals surface area contributed by atoms with Crippen LogP contribution in [0.25, 0.3) is 0 Å². The third-order valence-electron chi connectivity index (χ3n) is 2.17. The Kier molecular flexibility index (Phi) is 3.16. The molecule has 1 rings (SSSR count). The van der Waals surface area contributed by atoms with Crippen molar-refractivity contribution >= 4 is 5.78 Å². The Labute approximate surface area is 90.7 Å². The van der Waals surface area contributed by atoms with Gasteiger partial charge < -0.3 is 0 Å². The zero-order valence-electron chi connectivity index (χ0n) is 9.96. The van der Waals surface area contributed by atoms with E-state index in [4.69, 9.17) is 9.78 Å². The first-order chi connectivity index (χ1) is 6.73. The summed E-state index contributed by atoms with van der Waals surface area (Å²) in [4.78, 5) is 21.8. The standard InChI is InChI=1S/C12H18O3/c1-9-8-10(13)6-7-12(9,5)15-14-11(2,3)4/h6-8H,1-5H3. The Morgan fingerprint density at radius 3 is 2.40 bits per heavy atom. The summed E-state index contributed by atoms with van der Waals surface area (Å²) in [5, 5.41) is 0. The third kappa shape index (κ3) is 3.29. The SMILES string of the molecule is CC1=CC(=O)C=CC1(C)OOC(C)(C)C. The van der Waals surface area contributed by atoms with Crippen LogP contribution >= 0.6 is 0 Å². The fourth-order valence-corrected chi connectivity index (χ4v) is 1.08. The summed E-state index contributed by atoms with van der Waals surface area (Å²) in [5.41, 5.74) is -0.154. The van der Waals surface area contributed by atoms with Crippen molar-refractivity contribution in [3.05, 3.63) is 23.8 Å². The number of hydrogen-bond donors (Lipinski definition) is 0. The first-order valence-electron chi connectivity index (χ1n) is 5.02. The summed E-state index contributed by atoms with van der Waals surface area (Å²) in [7, 11) is 0. The summed E-state index contributed by atoms with van der Waals surface area (Å²) < 4.78 is 0. The molecule has 0 aromatic carbocycles. The topological polar surface area (TPSA) is 35.5 Å². The maximum Gasteiger partial charge on any atom is 0.178 e. The van der Waals surface area contributed by atoms with Crippen molar-refractivity contribution in [3.63, 3.8) is 0 Å². The van der Waals surface area contributed by atoms with Crippen LogP contribution in [0.15, 0.2) is 23.8 Å². The van der Waals surface area contributed by atoms with E-state index in [0.717, 1.165) is 5.57 Å². The summed E-state index contributed by atoms with van der Waals surface area (Å²) in [6.45, 7) is 9.45. The van der Waals surface area contributed by atoms with E-state index in [1.54, 1.807) is 12.2 Å². The lowest BCUT2D eigenvalue weighted by Gasteiger charge is -2.31. The number of ketones is 1. The molecule has 0 saturated heterocycles. The molecular weight excluding hydrogens is 192 g/mol. The molecule has 1 unspecified atom stereocenters. The van der Waals surface area contributed by atoms with E-state index in [1.807, 2.05) is 34.6 Å². The molecule has 84 valence electrons. The Balaban J connectivity index is 2.72. The number of hydrogen-bond acceptors (Lipinski definition) is 3. The molecule has 0 spiro atoms. The van der Waals surface area contributed by atoms with Crippen LogP contribution in [0.3, 0.4) is 0 Å². The molecule has 3 nitrogen and oxygen atoms in total. The molecule has 15 heavy (non-hydrogen) atoms. The van der Waals surface area contributed by atoms with Gasteiger partial charge in [0.25, 0.3) is 0 Å². The minimum atomic E-state index is -0.638. The molecule has 0 aromatic heterocycles. The van der Waals surface area contributed by atoms with E-state index in [9.17, 15) is 4.79 Å². The molecule has 1 aliphatic carbocycles. The quantitative estimate of drug-likeness (QED) is 0.519. The minimum absolute atomic E-state index is 0.00988. The lowest BCUT2D eigenvalue weighted by atomic mass is 9.91. The third-order valence-corrected chi connectivity index (χ3v) is 2.17. The molecule has 1 aliphatic rings. The van der Waals surface area contributed by atoms with Gasteiger partial charge in [-0.1, -0.05) is 0 Å². The largest absolute Gasteiger partial charge is 0.290 e. The molecule has 1 atom stereocenters. The first-order valence-corrected chi connectivity index (χ1v) is 5.02. The van der Waals surface area contributed by atoms with Crippen LogP contribution in [0.1, 0.15) is 34.6 Å². The summed E-state index contributed by atoms with van der Waals surface area (Å²) in [5.74, 6) is -0.00988. The maximum absolute atomic E-state index is 11.1. The molecule has 0 N–H and O–H groups in total. The van der Waals surface area contributed by atoms with Gasteiger partial charge in [-0.15, -0.1) is 0 Å². The van der Waals surface area contributed by atoms with Crippen LogP contribution in [-0.4, -0.2) is 17.0 Å².